The summed E-state index contributed by atoms with van der Waals surface area (Å²) >= 11 is 0. The third-order valence-corrected chi connectivity index (χ3v) is 3.32. The minimum Gasteiger partial charge on any atom is -0.384 e. The van der Waals surface area contributed by atoms with E-state index in [2.05, 4.69) is 59.9 Å². The second-order valence-corrected chi connectivity index (χ2v) is 5.93. The fourth-order valence-corrected chi connectivity index (χ4v) is 2.24. The molecule has 0 aliphatic rings. The van der Waals surface area contributed by atoms with Crippen molar-refractivity contribution >= 4 is 5.69 Å². The van der Waals surface area contributed by atoms with E-state index in [0.717, 1.165) is 18.8 Å². The summed E-state index contributed by atoms with van der Waals surface area (Å²) in [5.74, 6) is 1.11. The highest BCUT2D eigenvalue weighted by Crippen LogP contribution is 2.29. The van der Waals surface area contributed by atoms with Gasteiger partial charge in [-0.25, -0.2) is 4.98 Å². The van der Waals surface area contributed by atoms with E-state index in [-0.39, 0.29) is 5.41 Å². The van der Waals surface area contributed by atoms with Gasteiger partial charge in [0.25, 0.3) is 0 Å². The highest BCUT2D eigenvalue weighted by atomic mass is 15.0. The summed E-state index contributed by atoms with van der Waals surface area (Å²) in [6, 6.07) is 8.53. The molecule has 0 fully saturated rings. The van der Waals surface area contributed by atoms with Crippen LogP contribution in [0.1, 0.15) is 32.2 Å². The van der Waals surface area contributed by atoms with Crippen molar-refractivity contribution in [3.63, 3.8) is 0 Å². The maximum absolute atomic E-state index is 4.34. The number of para-hydroxylation sites is 1. The Balaban J connectivity index is 2.02. The smallest absolute Gasteiger partial charge is 0.110 e. The number of rotatable bonds is 4. The first kappa shape index (κ1) is 13.7. The molecule has 0 saturated carbocycles. The van der Waals surface area contributed by atoms with Crippen molar-refractivity contribution in [3.05, 3.63) is 48.0 Å². The van der Waals surface area contributed by atoms with Crippen molar-refractivity contribution in [2.75, 3.05) is 11.9 Å². The van der Waals surface area contributed by atoms with E-state index in [0.29, 0.717) is 0 Å². The molecule has 0 atom stereocenters. The van der Waals surface area contributed by atoms with Crippen LogP contribution in [0.25, 0.3) is 0 Å². The molecular formula is C16H23N3. The third kappa shape index (κ3) is 3.37. The summed E-state index contributed by atoms with van der Waals surface area (Å²) in [6.07, 6.45) is 4.76. The lowest BCUT2D eigenvalue weighted by molar-refractivity contribution is 0.591. The Morgan fingerprint density at radius 3 is 2.58 bits per heavy atom. The van der Waals surface area contributed by atoms with Gasteiger partial charge >= 0.3 is 0 Å². The van der Waals surface area contributed by atoms with Crippen LogP contribution in [0.5, 0.6) is 0 Å². The molecule has 1 aromatic carbocycles. The number of anilines is 1. The SMILES string of the molecule is Cn1ccnc1CCNc1ccccc1C(C)(C)C. The van der Waals surface area contributed by atoms with E-state index in [1.807, 2.05) is 19.4 Å². The first-order valence-electron chi connectivity index (χ1n) is 6.78. The van der Waals surface area contributed by atoms with Crippen molar-refractivity contribution in [3.8, 4) is 0 Å². The molecule has 0 amide bonds. The topological polar surface area (TPSA) is 29.9 Å². The summed E-state index contributed by atoms with van der Waals surface area (Å²) < 4.78 is 2.07. The van der Waals surface area contributed by atoms with Gasteiger partial charge < -0.3 is 9.88 Å². The molecular weight excluding hydrogens is 234 g/mol. The lowest BCUT2D eigenvalue weighted by atomic mass is 9.86. The summed E-state index contributed by atoms with van der Waals surface area (Å²) in [4.78, 5) is 4.34. The van der Waals surface area contributed by atoms with Crippen LogP contribution in [0.2, 0.25) is 0 Å². The molecule has 2 aromatic rings. The largest absolute Gasteiger partial charge is 0.384 e. The van der Waals surface area contributed by atoms with Crippen LogP contribution in [0.4, 0.5) is 5.69 Å². The lowest BCUT2D eigenvalue weighted by Crippen LogP contribution is -2.16. The van der Waals surface area contributed by atoms with Gasteiger partial charge in [-0.3, -0.25) is 0 Å². The predicted octanol–water partition coefficient (Wildman–Crippen LogP) is 3.37. The fraction of sp³-hybridized carbons (Fsp3) is 0.438. The first-order valence-corrected chi connectivity index (χ1v) is 6.78. The summed E-state index contributed by atoms with van der Waals surface area (Å²) in [6.45, 7) is 7.63. The first-order chi connectivity index (χ1) is 8.98. The molecule has 3 nitrogen and oxygen atoms in total. The number of hydrogen-bond acceptors (Lipinski definition) is 2. The van der Waals surface area contributed by atoms with Crippen LogP contribution < -0.4 is 5.32 Å². The van der Waals surface area contributed by atoms with Gasteiger partial charge in [0.2, 0.25) is 0 Å². The Kier molecular flexibility index (Phi) is 3.93. The average Bonchev–Trinajstić information content (AvgIpc) is 2.75. The molecule has 2 rings (SSSR count). The number of imidazole rings is 1. The molecule has 3 heteroatoms. The molecule has 0 bridgehead atoms. The van der Waals surface area contributed by atoms with Crippen molar-refractivity contribution < 1.29 is 0 Å². The average molecular weight is 257 g/mol. The maximum Gasteiger partial charge on any atom is 0.110 e. The van der Waals surface area contributed by atoms with Gasteiger partial charge in [-0.05, 0) is 17.0 Å². The molecule has 0 saturated heterocycles. The van der Waals surface area contributed by atoms with E-state index >= 15 is 0 Å². The van der Waals surface area contributed by atoms with E-state index < -0.39 is 0 Å². The normalized spacial score (nSPS) is 11.6. The van der Waals surface area contributed by atoms with Crippen LogP contribution >= 0.6 is 0 Å². The van der Waals surface area contributed by atoms with E-state index in [4.69, 9.17) is 0 Å². The summed E-state index contributed by atoms with van der Waals surface area (Å²) in [7, 11) is 2.03. The fourth-order valence-electron chi connectivity index (χ4n) is 2.24. The van der Waals surface area contributed by atoms with Crippen molar-refractivity contribution in [1.29, 1.82) is 0 Å². The number of nitrogens with one attached hydrogen (secondary N) is 1. The molecule has 0 aliphatic carbocycles. The van der Waals surface area contributed by atoms with Crippen LogP contribution in [0.15, 0.2) is 36.7 Å². The number of aromatic nitrogens is 2. The highest BCUT2D eigenvalue weighted by molar-refractivity contribution is 5.54. The Morgan fingerprint density at radius 1 is 1.21 bits per heavy atom. The van der Waals surface area contributed by atoms with Gasteiger partial charge in [0.15, 0.2) is 0 Å². The third-order valence-electron chi connectivity index (χ3n) is 3.32. The number of hydrogen-bond donors (Lipinski definition) is 1. The van der Waals surface area contributed by atoms with Gasteiger partial charge in [0.1, 0.15) is 5.82 Å². The zero-order valence-electron chi connectivity index (χ0n) is 12.3. The van der Waals surface area contributed by atoms with E-state index in [9.17, 15) is 0 Å². The Hall–Kier alpha value is -1.77. The molecule has 1 heterocycles. The lowest BCUT2D eigenvalue weighted by Gasteiger charge is -2.23. The second-order valence-electron chi connectivity index (χ2n) is 5.93. The molecule has 0 spiro atoms. The standard InChI is InChI=1S/C16H23N3/c1-16(2,3)13-7-5-6-8-14(13)17-10-9-15-18-11-12-19(15)4/h5-8,11-12,17H,9-10H2,1-4H3. The van der Waals surface area contributed by atoms with Crippen LogP contribution in [0, 0.1) is 0 Å². The molecule has 1 aromatic heterocycles. The molecule has 1 N–H and O–H groups in total. The van der Waals surface area contributed by atoms with Gasteiger partial charge in [-0.15, -0.1) is 0 Å². The molecule has 0 aliphatic heterocycles. The van der Waals surface area contributed by atoms with Crippen molar-refractivity contribution in [2.45, 2.75) is 32.6 Å². The molecule has 0 radical (unpaired) electrons. The van der Waals surface area contributed by atoms with Crippen LogP contribution in [-0.4, -0.2) is 16.1 Å². The Labute approximate surface area is 115 Å². The number of nitrogens with zero attached hydrogens (tertiary/aromatic N) is 2. The van der Waals surface area contributed by atoms with Gasteiger partial charge in [0.05, 0.1) is 0 Å². The number of benzene rings is 1. The highest BCUT2D eigenvalue weighted by Gasteiger charge is 2.16. The monoisotopic (exact) mass is 257 g/mol. The van der Waals surface area contributed by atoms with Gasteiger partial charge in [0, 0.05) is 38.1 Å². The predicted molar refractivity (Wildman–Crippen MR) is 80.5 cm³/mol. The maximum atomic E-state index is 4.34. The van der Waals surface area contributed by atoms with E-state index in [1.54, 1.807) is 0 Å². The summed E-state index contributed by atoms with van der Waals surface area (Å²) in [5.41, 5.74) is 2.74. The number of aryl methyl sites for hydroxylation is 1. The quantitative estimate of drug-likeness (QED) is 0.910. The van der Waals surface area contributed by atoms with Crippen molar-refractivity contribution in [2.24, 2.45) is 7.05 Å². The minimum atomic E-state index is 0.160. The zero-order valence-corrected chi connectivity index (χ0v) is 12.3. The minimum absolute atomic E-state index is 0.160. The van der Waals surface area contributed by atoms with Crippen LogP contribution in [0.3, 0.4) is 0 Å². The summed E-state index contributed by atoms with van der Waals surface area (Å²) in [5, 5.41) is 3.53. The Morgan fingerprint density at radius 2 is 1.95 bits per heavy atom. The second kappa shape index (κ2) is 5.47. The van der Waals surface area contributed by atoms with Crippen molar-refractivity contribution in [1.82, 2.24) is 9.55 Å². The van der Waals surface area contributed by atoms with E-state index in [1.165, 1.54) is 11.3 Å². The zero-order chi connectivity index (χ0) is 13.9. The molecule has 0 unspecified atom stereocenters. The molecule has 102 valence electrons. The van der Waals surface area contributed by atoms with Crippen LogP contribution in [-0.2, 0) is 18.9 Å². The Bertz CT molecular complexity index is 535. The van der Waals surface area contributed by atoms with Gasteiger partial charge in [-0.1, -0.05) is 39.0 Å². The van der Waals surface area contributed by atoms with Gasteiger partial charge in [-0.2, -0.15) is 0 Å². The molecule has 19 heavy (non-hydrogen) atoms.